The quantitative estimate of drug-likeness (QED) is 0.848. The summed E-state index contributed by atoms with van der Waals surface area (Å²) in [6, 6.07) is 7.24. The highest BCUT2D eigenvalue weighted by Crippen LogP contribution is 2.25. The Morgan fingerprint density at radius 2 is 1.95 bits per heavy atom. The number of anilines is 2. The Kier molecular flexibility index (Phi) is 3.84. The second kappa shape index (κ2) is 5.56. The molecule has 1 amide bonds. The van der Waals surface area contributed by atoms with Crippen molar-refractivity contribution in [3.8, 4) is 5.75 Å². The zero-order chi connectivity index (χ0) is 14.7. The molecule has 0 radical (unpaired) electrons. The van der Waals surface area contributed by atoms with E-state index in [1.54, 1.807) is 0 Å². The van der Waals surface area contributed by atoms with Crippen molar-refractivity contribution in [3.05, 3.63) is 53.6 Å². The number of amides is 1. The summed E-state index contributed by atoms with van der Waals surface area (Å²) in [6.07, 6.45) is 0. The maximum absolute atomic E-state index is 13.5. The smallest absolute Gasteiger partial charge is 0.258 e. The molecule has 0 aromatic heterocycles. The van der Waals surface area contributed by atoms with Gasteiger partial charge in [-0.1, -0.05) is 0 Å². The summed E-state index contributed by atoms with van der Waals surface area (Å²) in [4.78, 5) is 11.9. The first-order valence-corrected chi connectivity index (χ1v) is 5.71. The molecule has 0 saturated heterocycles. The largest absolute Gasteiger partial charge is 0.495 e. The topological polar surface area (TPSA) is 64.3 Å². The summed E-state index contributed by atoms with van der Waals surface area (Å²) in [5.74, 6) is -1.87. The van der Waals surface area contributed by atoms with Crippen LogP contribution in [-0.2, 0) is 0 Å². The summed E-state index contributed by atoms with van der Waals surface area (Å²) in [7, 11) is 1.43. The fraction of sp³-hybridized carbons (Fsp3) is 0.0714. The fourth-order valence-electron chi connectivity index (χ4n) is 1.66. The number of halogens is 2. The van der Waals surface area contributed by atoms with Crippen LogP contribution in [0.1, 0.15) is 10.4 Å². The molecule has 2 aromatic carbocycles. The molecule has 2 rings (SSSR count). The van der Waals surface area contributed by atoms with Crippen LogP contribution in [0.15, 0.2) is 36.4 Å². The van der Waals surface area contributed by atoms with Crippen molar-refractivity contribution in [2.45, 2.75) is 0 Å². The van der Waals surface area contributed by atoms with Crippen LogP contribution in [0, 0.1) is 11.6 Å². The van der Waals surface area contributed by atoms with Crippen molar-refractivity contribution < 1.29 is 18.3 Å². The van der Waals surface area contributed by atoms with Crippen LogP contribution in [0.3, 0.4) is 0 Å². The number of nitrogens with two attached hydrogens (primary N) is 1. The molecular formula is C14H12F2N2O2. The minimum atomic E-state index is -0.800. The maximum Gasteiger partial charge on any atom is 0.258 e. The number of hydrogen-bond donors (Lipinski definition) is 2. The lowest BCUT2D eigenvalue weighted by molar-refractivity contribution is 0.102. The molecule has 6 heteroatoms. The van der Waals surface area contributed by atoms with Crippen LogP contribution in [0.25, 0.3) is 0 Å². The van der Waals surface area contributed by atoms with E-state index in [1.165, 1.54) is 25.3 Å². The van der Waals surface area contributed by atoms with Gasteiger partial charge in [0, 0.05) is 11.8 Å². The first kappa shape index (κ1) is 13.8. The van der Waals surface area contributed by atoms with Crippen LogP contribution >= 0.6 is 0 Å². The van der Waals surface area contributed by atoms with Gasteiger partial charge in [-0.05, 0) is 30.3 Å². The van der Waals surface area contributed by atoms with E-state index < -0.39 is 17.5 Å². The van der Waals surface area contributed by atoms with Crippen LogP contribution in [0.5, 0.6) is 5.75 Å². The average molecular weight is 278 g/mol. The van der Waals surface area contributed by atoms with Gasteiger partial charge in [0.1, 0.15) is 17.4 Å². The molecule has 0 aliphatic carbocycles. The third-order valence-electron chi connectivity index (χ3n) is 2.66. The van der Waals surface area contributed by atoms with Crippen molar-refractivity contribution >= 4 is 17.3 Å². The predicted molar refractivity (Wildman–Crippen MR) is 71.7 cm³/mol. The van der Waals surface area contributed by atoms with Crippen LogP contribution < -0.4 is 15.8 Å². The van der Waals surface area contributed by atoms with Crippen molar-refractivity contribution in [1.29, 1.82) is 0 Å². The van der Waals surface area contributed by atoms with Gasteiger partial charge in [0.15, 0.2) is 0 Å². The minimum Gasteiger partial charge on any atom is -0.495 e. The second-order valence-electron chi connectivity index (χ2n) is 4.04. The van der Waals surface area contributed by atoms with Gasteiger partial charge in [-0.2, -0.15) is 0 Å². The Balaban J connectivity index is 2.25. The molecule has 0 aliphatic heterocycles. The first-order chi connectivity index (χ1) is 9.51. The molecule has 2 aromatic rings. The monoisotopic (exact) mass is 278 g/mol. The minimum absolute atomic E-state index is 0.365. The van der Waals surface area contributed by atoms with Crippen molar-refractivity contribution in [2.24, 2.45) is 0 Å². The molecule has 20 heavy (non-hydrogen) atoms. The van der Waals surface area contributed by atoms with E-state index in [0.717, 1.165) is 18.2 Å². The Labute approximate surface area is 114 Å². The van der Waals surface area contributed by atoms with Crippen LogP contribution in [0.4, 0.5) is 20.2 Å². The molecule has 104 valence electrons. The zero-order valence-electron chi connectivity index (χ0n) is 10.6. The normalized spacial score (nSPS) is 10.2. The number of carbonyl (C=O) groups is 1. The van der Waals surface area contributed by atoms with E-state index in [0.29, 0.717) is 17.1 Å². The lowest BCUT2D eigenvalue weighted by atomic mass is 10.2. The maximum atomic E-state index is 13.5. The number of nitrogens with one attached hydrogen (secondary N) is 1. The predicted octanol–water partition coefficient (Wildman–Crippen LogP) is 2.81. The number of nitrogen functional groups attached to an aromatic ring is 1. The van der Waals surface area contributed by atoms with E-state index >= 15 is 0 Å². The van der Waals surface area contributed by atoms with Crippen LogP contribution in [-0.4, -0.2) is 13.0 Å². The van der Waals surface area contributed by atoms with Gasteiger partial charge in [-0.25, -0.2) is 8.78 Å². The number of ether oxygens (including phenoxy) is 1. The lowest BCUT2D eigenvalue weighted by Crippen LogP contribution is -2.14. The van der Waals surface area contributed by atoms with Gasteiger partial charge >= 0.3 is 0 Å². The van der Waals surface area contributed by atoms with Crippen molar-refractivity contribution in [3.63, 3.8) is 0 Å². The molecule has 0 spiro atoms. The van der Waals surface area contributed by atoms with Gasteiger partial charge in [-0.3, -0.25) is 4.79 Å². The van der Waals surface area contributed by atoms with Crippen molar-refractivity contribution in [1.82, 2.24) is 0 Å². The highest BCUT2D eigenvalue weighted by molar-refractivity contribution is 6.04. The number of methoxy groups -OCH3 is 1. The standard InChI is InChI=1S/C14H12F2N2O2/c1-20-13-7-9(3-5-12(13)17)18-14(19)10-6-8(15)2-4-11(10)16/h2-7H,17H2,1H3,(H,18,19). The molecule has 0 fully saturated rings. The van der Waals surface area contributed by atoms with E-state index in [1.807, 2.05) is 0 Å². The Morgan fingerprint density at radius 1 is 1.20 bits per heavy atom. The van der Waals surface area contributed by atoms with Gasteiger partial charge in [0.05, 0.1) is 18.4 Å². The first-order valence-electron chi connectivity index (χ1n) is 5.71. The highest BCUT2D eigenvalue weighted by atomic mass is 19.1. The second-order valence-corrected chi connectivity index (χ2v) is 4.04. The number of hydrogen-bond acceptors (Lipinski definition) is 3. The third-order valence-corrected chi connectivity index (χ3v) is 2.66. The summed E-state index contributed by atoms with van der Waals surface area (Å²) < 4.78 is 31.5. The van der Waals surface area contributed by atoms with Crippen LogP contribution in [0.2, 0.25) is 0 Å². The molecular weight excluding hydrogens is 266 g/mol. The third kappa shape index (κ3) is 2.85. The van der Waals surface area contributed by atoms with E-state index in [-0.39, 0.29) is 5.56 Å². The highest BCUT2D eigenvalue weighted by Gasteiger charge is 2.13. The van der Waals surface area contributed by atoms with E-state index in [9.17, 15) is 13.6 Å². The molecule has 0 unspecified atom stereocenters. The number of carbonyl (C=O) groups excluding carboxylic acids is 1. The molecule has 4 nitrogen and oxygen atoms in total. The summed E-state index contributed by atoms with van der Waals surface area (Å²) in [5, 5.41) is 2.45. The average Bonchev–Trinajstić information content (AvgIpc) is 2.43. The number of benzene rings is 2. The van der Waals surface area contributed by atoms with Gasteiger partial charge < -0.3 is 15.8 Å². The summed E-state index contributed by atoms with van der Waals surface area (Å²) in [6.45, 7) is 0. The molecule has 0 saturated carbocycles. The van der Waals surface area contributed by atoms with Gasteiger partial charge in [0.2, 0.25) is 0 Å². The number of rotatable bonds is 3. The molecule has 0 bridgehead atoms. The summed E-state index contributed by atoms with van der Waals surface area (Å²) >= 11 is 0. The SMILES string of the molecule is COc1cc(NC(=O)c2cc(F)ccc2F)ccc1N. The molecule has 0 heterocycles. The fourth-order valence-corrected chi connectivity index (χ4v) is 1.66. The Morgan fingerprint density at radius 3 is 2.65 bits per heavy atom. The molecule has 0 atom stereocenters. The lowest BCUT2D eigenvalue weighted by Gasteiger charge is -2.09. The molecule has 3 N–H and O–H groups in total. The molecule has 0 aliphatic rings. The summed E-state index contributed by atoms with van der Waals surface area (Å²) in [5.41, 5.74) is 6.03. The van der Waals surface area contributed by atoms with Gasteiger partial charge in [0.25, 0.3) is 5.91 Å². The Hall–Kier alpha value is -2.63. The van der Waals surface area contributed by atoms with Crippen molar-refractivity contribution in [2.75, 3.05) is 18.2 Å². The van der Waals surface area contributed by atoms with E-state index in [2.05, 4.69) is 5.32 Å². The van der Waals surface area contributed by atoms with E-state index in [4.69, 9.17) is 10.5 Å². The van der Waals surface area contributed by atoms with Gasteiger partial charge in [-0.15, -0.1) is 0 Å². The zero-order valence-corrected chi connectivity index (χ0v) is 10.6. The Bertz CT molecular complexity index is 660.